The van der Waals surface area contributed by atoms with Crippen molar-refractivity contribution >= 4 is 10.0 Å². The first kappa shape index (κ1) is 18.3. The van der Waals surface area contributed by atoms with Crippen LogP contribution in [-0.2, 0) is 19.5 Å². The van der Waals surface area contributed by atoms with Gasteiger partial charge in [0, 0.05) is 6.54 Å². The van der Waals surface area contributed by atoms with Gasteiger partial charge in [-0.3, -0.25) is 0 Å². The monoisotopic (exact) mass is 363 g/mol. The van der Waals surface area contributed by atoms with E-state index in [0.29, 0.717) is 18.1 Å². The summed E-state index contributed by atoms with van der Waals surface area (Å²) < 4.78 is 39.3. The zero-order valence-electron chi connectivity index (χ0n) is 14.6. The highest BCUT2D eigenvalue weighted by Gasteiger charge is 2.38. The van der Waals surface area contributed by atoms with Crippen LogP contribution >= 0.6 is 0 Å². The smallest absolute Gasteiger partial charge is 0.243 e. The fourth-order valence-corrected chi connectivity index (χ4v) is 4.98. The van der Waals surface area contributed by atoms with Crippen molar-refractivity contribution in [2.75, 3.05) is 19.8 Å². The van der Waals surface area contributed by atoms with E-state index in [0.717, 1.165) is 30.4 Å². The normalized spacial score (nSPS) is 22.2. The second kappa shape index (κ2) is 7.83. The van der Waals surface area contributed by atoms with Crippen LogP contribution in [0.15, 0.2) is 53.5 Å². The lowest BCUT2D eigenvalue weighted by atomic mass is 9.93. The third kappa shape index (κ3) is 3.87. The van der Waals surface area contributed by atoms with Gasteiger partial charge in [-0.05, 0) is 43.9 Å². The molecule has 1 unspecified atom stereocenters. The maximum atomic E-state index is 13.3. The molecule has 0 saturated carbocycles. The summed E-state index contributed by atoms with van der Waals surface area (Å²) in [7, 11) is -3.63. The minimum atomic E-state index is -3.63. The van der Waals surface area contributed by atoms with E-state index in [9.17, 15) is 8.42 Å². The van der Waals surface area contributed by atoms with Gasteiger partial charge in [0.2, 0.25) is 10.0 Å². The molecule has 6 heteroatoms. The third-order valence-corrected chi connectivity index (χ3v) is 6.51. The summed E-state index contributed by atoms with van der Waals surface area (Å²) in [6, 6.07) is 6.70. The lowest BCUT2D eigenvalue weighted by Crippen LogP contribution is -2.45. The molecule has 1 heterocycles. The fourth-order valence-electron chi connectivity index (χ4n) is 3.36. The van der Waals surface area contributed by atoms with Crippen LogP contribution in [-0.4, -0.2) is 44.8 Å². The molecule has 3 rings (SSSR count). The van der Waals surface area contributed by atoms with Crippen molar-refractivity contribution in [3.05, 3.63) is 54.1 Å². The summed E-state index contributed by atoms with van der Waals surface area (Å²) in [5, 5.41) is 0. The lowest BCUT2D eigenvalue weighted by Gasteiger charge is -2.35. The van der Waals surface area contributed by atoms with E-state index in [1.54, 1.807) is 18.2 Å². The predicted molar refractivity (Wildman–Crippen MR) is 96.7 cm³/mol. The third-order valence-electron chi connectivity index (χ3n) is 4.62. The Hall–Kier alpha value is -1.47. The molecule has 1 aromatic carbocycles. The van der Waals surface area contributed by atoms with Gasteiger partial charge in [0.25, 0.3) is 0 Å². The van der Waals surface area contributed by atoms with E-state index in [-0.39, 0.29) is 12.6 Å². The van der Waals surface area contributed by atoms with Gasteiger partial charge in [0.05, 0.1) is 24.2 Å². The molecule has 0 bridgehead atoms. The van der Waals surface area contributed by atoms with Crippen LogP contribution in [0.5, 0.6) is 0 Å². The largest absolute Gasteiger partial charge is 0.346 e. The lowest BCUT2D eigenvalue weighted by molar-refractivity contribution is -0.0203. The number of ether oxygens (including phenoxy) is 2. The molecule has 0 radical (unpaired) electrons. The zero-order chi connectivity index (χ0) is 17.9. The summed E-state index contributed by atoms with van der Waals surface area (Å²) in [5.74, 6) is 0. The van der Waals surface area contributed by atoms with Crippen LogP contribution in [0.1, 0.15) is 24.8 Å². The Morgan fingerprint density at radius 1 is 1.24 bits per heavy atom. The molecule has 0 N–H and O–H groups in total. The van der Waals surface area contributed by atoms with E-state index >= 15 is 0 Å². The van der Waals surface area contributed by atoms with Gasteiger partial charge in [-0.2, -0.15) is 4.31 Å². The number of sulfonamides is 1. The molecule has 5 nitrogen and oxygen atoms in total. The molecule has 1 aliphatic heterocycles. The molecule has 1 aliphatic carbocycles. The molecule has 2 aliphatic rings. The highest BCUT2D eigenvalue weighted by Crippen LogP contribution is 2.32. The van der Waals surface area contributed by atoms with Crippen LogP contribution in [0.25, 0.3) is 0 Å². The first-order valence-corrected chi connectivity index (χ1v) is 10.1. The van der Waals surface area contributed by atoms with Crippen LogP contribution in [0, 0.1) is 6.92 Å². The van der Waals surface area contributed by atoms with Crippen molar-refractivity contribution in [1.82, 2.24) is 4.31 Å². The Morgan fingerprint density at radius 3 is 2.56 bits per heavy atom. The standard InChI is InChI=1S/C19H25NO4S/c1-3-12-20(25(21,22)16-10-8-15(2)9-11-16)18-7-5-4-6-17(18)19-23-13-14-24-19/h3,6,8-11,18-19H,1,4-5,7,12-14H2,2H3. The molecule has 0 aromatic heterocycles. The van der Waals surface area contributed by atoms with Gasteiger partial charge >= 0.3 is 0 Å². The van der Waals surface area contributed by atoms with E-state index in [2.05, 4.69) is 12.7 Å². The molecule has 1 atom stereocenters. The van der Waals surface area contributed by atoms with Crippen molar-refractivity contribution in [3.63, 3.8) is 0 Å². The first-order valence-electron chi connectivity index (χ1n) is 8.66. The molecular formula is C19H25NO4S. The number of rotatable bonds is 6. The molecule has 136 valence electrons. The fraction of sp³-hybridized carbons (Fsp3) is 0.474. The summed E-state index contributed by atoms with van der Waals surface area (Å²) in [6.07, 6.45) is 5.89. The number of allylic oxidation sites excluding steroid dienone is 1. The molecule has 1 saturated heterocycles. The van der Waals surface area contributed by atoms with Crippen LogP contribution in [0.3, 0.4) is 0 Å². The Morgan fingerprint density at radius 2 is 1.92 bits per heavy atom. The van der Waals surface area contributed by atoms with Crippen LogP contribution < -0.4 is 0 Å². The van der Waals surface area contributed by atoms with Gasteiger partial charge in [-0.25, -0.2) is 8.42 Å². The van der Waals surface area contributed by atoms with Crippen molar-refractivity contribution in [2.24, 2.45) is 0 Å². The Balaban J connectivity index is 1.96. The summed E-state index contributed by atoms with van der Waals surface area (Å²) in [5.41, 5.74) is 1.95. The average Bonchev–Trinajstić information content (AvgIpc) is 3.14. The van der Waals surface area contributed by atoms with E-state index in [1.165, 1.54) is 4.31 Å². The van der Waals surface area contributed by atoms with Crippen molar-refractivity contribution in [2.45, 2.75) is 43.4 Å². The number of hydrogen-bond acceptors (Lipinski definition) is 4. The number of hydrogen-bond donors (Lipinski definition) is 0. The van der Waals surface area contributed by atoms with E-state index < -0.39 is 16.3 Å². The zero-order valence-corrected chi connectivity index (χ0v) is 15.4. The predicted octanol–water partition coefficient (Wildman–Crippen LogP) is 3.02. The van der Waals surface area contributed by atoms with E-state index in [4.69, 9.17) is 9.47 Å². The van der Waals surface area contributed by atoms with Crippen LogP contribution in [0.2, 0.25) is 0 Å². The van der Waals surface area contributed by atoms with Crippen molar-refractivity contribution in [3.8, 4) is 0 Å². The Labute approximate surface area is 150 Å². The minimum absolute atomic E-state index is 0.255. The van der Waals surface area contributed by atoms with Crippen molar-refractivity contribution in [1.29, 1.82) is 0 Å². The molecule has 1 fully saturated rings. The highest BCUT2D eigenvalue weighted by molar-refractivity contribution is 7.89. The maximum absolute atomic E-state index is 13.3. The molecule has 25 heavy (non-hydrogen) atoms. The first-order chi connectivity index (χ1) is 12.0. The number of aryl methyl sites for hydroxylation is 1. The minimum Gasteiger partial charge on any atom is -0.346 e. The molecule has 1 aromatic rings. The average molecular weight is 363 g/mol. The highest BCUT2D eigenvalue weighted by atomic mass is 32.2. The number of benzene rings is 1. The SMILES string of the molecule is C=CCN(C1CCCC=C1C1OCCO1)S(=O)(=O)c1ccc(C)cc1. The molecule has 0 spiro atoms. The van der Waals surface area contributed by atoms with E-state index in [1.807, 2.05) is 19.1 Å². The van der Waals surface area contributed by atoms with Gasteiger partial charge in [-0.15, -0.1) is 6.58 Å². The second-order valence-corrected chi connectivity index (χ2v) is 8.29. The Bertz CT molecular complexity index is 733. The maximum Gasteiger partial charge on any atom is 0.243 e. The van der Waals surface area contributed by atoms with Gasteiger partial charge in [0.15, 0.2) is 6.29 Å². The molecular weight excluding hydrogens is 338 g/mol. The van der Waals surface area contributed by atoms with Gasteiger partial charge in [0.1, 0.15) is 0 Å². The summed E-state index contributed by atoms with van der Waals surface area (Å²) in [6.45, 7) is 7.03. The Kier molecular flexibility index (Phi) is 5.74. The quantitative estimate of drug-likeness (QED) is 0.729. The van der Waals surface area contributed by atoms with Gasteiger partial charge in [-0.1, -0.05) is 29.8 Å². The molecule has 0 amide bonds. The topological polar surface area (TPSA) is 55.8 Å². The number of nitrogens with zero attached hydrogens (tertiary/aromatic N) is 1. The summed E-state index contributed by atoms with van der Waals surface area (Å²) >= 11 is 0. The second-order valence-electron chi connectivity index (χ2n) is 6.40. The summed E-state index contributed by atoms with van der Waals surface area (Å²) in [4.78, 5) is 0.304. The van der Waals surface area contributed by atoms with Crippen LogP contribution in [0.4, 0.5) is 0 Å². The van der Waals surface area contributed by atoms with Gasteiger partial charge < -0.3 is 9.47 Å². The van der Waals surface area contributed by atoms with Crippen molar-refractivity contribution < 1.29 is 17.9 Å².